The summed E-state index contributed by atoms with van der Waals surface area (Å²) in [5, 5.41) is 18.0. The average Bonchev–Trinajstić information content (AvgIpc) is 3.21. The van der Waals surface area contributed by atoms with Crippen LogP contribution in [0.25, 0.3) is 33.3 Å². The molecule has 32 heavy (non-hydrogen) atoms. The summed E-state index contributed by atoms with van der Waals surface area (Å²) in [5.41, 5.74) is 2.31. The van der Waals surface area contributed by atoms with Crippen molar-refractivity contribution < 1.29 is 14.9 Å². The van der Waals surface area contributed by atoms with E-state index in [9.17, 15) is 9.70 Å². The summed E-state index contributed by atoms with van der Waals surface area (Å²) < 4.78 is 3.14. The molecule has 0 aliphatic rings. The quantitative estimate of drug-likeness (QED) is 0.397. The molecule has 0 fully saturated rings. The lowest BCUT2D eigenvalue weighted by molar-refractivity contribution is -0.736. The normalized spacial score (nSPS) is 11.3. The van der Waals surface area contributed by atoms with Gasteiger partial charge in [-0.1, -0.05) is 18.2 Å². The van der Waals surface area contributed by atoms with Gasteiger partial charge < -0.3 is 10.4 Å². The number of rotatable bonds is 6. The van der Waals surface area contributed by atoms with Gasteiger partial charge >= 0.3 is 5.69 Å². The van der Waals surface area contributed by atoms with E-state index in [-0.39, 0.29) is 12.2 Å². The third-order valence-corrected chi connectivity index (χ3v) is 5.18. The summed E-state index contributed by atoms with van der Waals surface area (Å²) >= 11 is 0. The van der Waals surface area contributed by atoms with E-state index in [1.54, 1.807) is 47.0 Å². The molecule has 0 spiro atoms. The number of nitrogens with one attached hydrogen (secondary N) is 1. The maximum absolute atomic E-state index is 13.6. The molecule has 0 radical (unpaired) electrons. The second kappa shape index (κ2) is 7.75. The second-order valence-corrected chi connectivity index (χ2v) is 7.07. The third-order valence-electron chi connectivity index (χ3n) is 5.18. The van der Waals surface area contributed by atoms with Gasteiger partial charge in [0.2, 0.25) is 0 Å². The van der Waals surface area contributed by atoms with Crippen LogP contribution in [0.5, 0.6) is 0 Å². The Labute approximate surface area is 180 Å². The lowest BCUT2D eigenvalue weighted by Crippen LogP contribution is -2.20. The fourth-order valence-electron chi connectivity index (χ4n) is 3.74. The number of aromatic nitrogens is 4. The number of nitrogens with zero attached hydrogens (tertiary/aromatic N) is 5. The molecule has 10 heteroatoms. The molecule has 0 aliphatic carbocycles. The zero-order valence-corrected chi connectivity index (χ0v) is 17.1. The molecule has 2 aromatic carbocycles. The second-order valence-electron chi connectivity index (χ2n) is 7.07. The van der Waals surface area contributed by atoms with Crippen molar-refractivity contribution in [2.75, 3.05) is 25.6 Å². The van der Waals surface area contributed by atoms with Gasteiger partial charge in [0, 0.05) is 29.4 Å². The first-order chi connectivity index (χ1) is 15.6. The number of benzene rings is 2. The SMILES string of the molecule is CO[N+](=O)c1ccc(-n2c(=O)c3ccccc3c3nc4ccc(NCCO)nn4c32)cc1. The van der Waals surface area contributed by atoms with Crippen LogP contribution in [0.2, 0.25) is 0 Å². The molecule has 160 valence electrons. The zero-order valence-electron chi connectivity index (χ0n) is 17.1. The van der Waals surface area contributed by atoms with Crippen LogP contribution in [0.3, 0.4) is 0 Å². The highest BCUT2D eigenvalue weighted by atomic mass is 16.8. The predicted octanol–water partition coefficient (Wildman–Crippen LogP) is 2.56. The largest absolute Gasteiger partial charge is 0.395 e. The average molecular weight is 431 g/mol. The summed E-state index contributed by atoms with van der Waals surface area (Å²) in [5.74, 6) is 0.537. The molecular formula is C22H19N6O4+. The van der Waals surface area contributed by atoms with Crippen molar-refractivity contribution in [3.63, 3.8) is 0 Å². The standard InChI is InChI=1S/C22H19N6O4/c1-32-28(31)15-8-6-14(7-9-15)26-21-20(16-4-2-3-5-17(16)22(26)30)24-19-11-10-18(23-12-13-29)25-27(19)21/h2-11,29H,12-13H2,1H3,(H,23,25)/q+1. The molecule has 0 bridgehead atoms. The van der Waals surface area contributed by atoms with E-state index in [4.69, 9.17) is 10.1 Å². The Kier molecular flexibility index (Phi) is 4.75. The summed E-state index contributed by atoms with van der Waals surface area (Å²) in [6, 6.07) is 17.3. The van der Waals surface area contributed by atoms with Crippen LogP contribution < -0.4 is 10.9 Å². The molecule has 3 heterocycles. The van der Waals surface area contributed by atoms with Crippen molar-refractivity contribution in [1.29, 1.82) is 0 Å². The number of anilines is 1. The maximum atomic E-state index is 13.6. The highest BCUT2D eigenvalue weighted by Crippen LogP contribution is 2.26. The molecule has 0 atom stereocenters. The van der Waals surface area contributed by atoms with E-state index in [1.807, 2.05) is 18.2 Å². The maximum Gasteiger partial charge on any atom is 0.316 e. The topological polar surface area (TPSA) is 114 Å². The molecule has 0 saturated carbocycles. The van der Waals surface area contributed by atoms with E-state index in [0.717, 1.165) is 5.39 Å². The molecule has 0 amide bonds. The molecule has 0 saturated heterocycles. The van der Waals surface area contributed by atoms with E-state index in [0.29, 0.717) is 50.9 Å². The van der Waals surface area contributed by atoms with Crippen LogP contribution in [-0.2, 0) is 4.84 Å². The van der Waals surface area contributed by atoms with Crippen LogP contribution in [0.4, 0.5) is 11.5 Å². The van der Waals surface area contributed by atoms with E-state index < -0.39 is 0 Å². The van der Waals surface area contributed by atoms with Crippen molar-refractivity contribution in [3.05, 3.63) is 75.9 Å². The molecule has 0 unspecified atom stereocenters. The van der Waals surface area contributed by atoms with Gasteiger partial charge in [0.25, 0.3) is 10.5 Å². The Morgan fingerprint density at radius 1 is 1.06 bits per heavy atom. The first kappa shape index (κ1) is 19.6. The Morgan fingerprint density at radius 3 is 2.53 bits per heavy atom. The number of imidazole rings is 1. The van der Waals surface area contributed by atoms with Crippen LogP contribution in [0, 0.1) is 4.91 Å². The van der Waals surface area contributed by atoms with Gasteiger partial charge in [0.1, 0.15) is 11.3 Å². The van der Waals surface area contributed by atoms with Gasteiger partial charge in [-0.25, -0.2) is 9.82 Å². The van der Waals surface area contributed by atoms with Gasteiger partial charge in [0.05, 0.1) is 17.2 Å². The Morgan fingerprint density at radius 2 is 1.81 bits per heavy atom. The van der Waals surface area contributed by atoms with Crippen molar-refractivity contribution in [1.82, 2.24) is 19.2 Å². The minimum atomic E-state index is -0.233. The van der Waals surface area contributed by atoms with Gasteiger partial charge in [-0.05, 0) is 30.3 Å². The molecule has 10 nitrogen and oxygen atoms in total. The lowest BCUT2D eigenvalue weighted by atomic mass is 10.1. The first-order valence-electron chi connectivity index (χ1n) is 9.92. The van der Waals surface area contributed by atoms with E-state index >= 15 is 0 Å². The molecule has 5 rings (SSSR count). The molecule has 0 aliphatic heterocycles. The van der Waals surface area contributed by atoms with Gasteiger partial charge in [-0.15, -0.1) is 5.10 Å². The van der Waals surface area contributed by atoms with Crippen LogP contribution in [0.1, 0.15) is 0 Å². The van der Waals surface area contributed by atoms with Crippen molar-refractivity contribution in [2.24, 2.45) is 0 Å². The highest BCUT2D eigenvalue weighted by Gasteiger charge is 2.20. The van der Waals surface area contributed by atoms with Gasteiger partial charge in [-0.2, -0.15) is 4.52 Å². The number of hydrogen-bond acceptors (Lipinski definition) is 7. The van der Waals surface area contributed by atoms with Crippen LogP contribution >= 0.6 is 0 Å². The van der Waals surface area contributed by atoms with Crippen molar-refractivity contribution in [2.45, 2.75) is 0 Å². The molecular weight excluding hydrogens is 412 g/mol. The van der Waals surface area contributed by atoms with Crippen LogP contribution in [-0.4, -0.2) is 49.5 Å². The summed E-state index contributed by atoms with van der Waals surface area (Å²) in [6.45, 7) is 0.303. The molecule has 3 aromatic heterocycles. The van der Waals surface area contributed by atoms with Crippen LogP contribution in [0.15, 0.2) is 65.5 Å². The number of pyridine rings is 1. The minimum absolute atomic E-state index is 0.0374. The van der Waals surface area contributed by atoms with E-state index in [2.05, 4.69) is 15.3 Å². The Balaban J connectivity index is 1.86. The van der Waals surface area contributed by atoms with E-state index in [1.165, 1.54) is 11.7 Å². The zero-order chi connectivity index (χ0) is 22.2. The van der Waals surface area contributed by atoms with Crippen molar-refractivity contribution >= 4 is 39.1 Å². The predicted molar refractivity (Wildman–Crippen MR) is 119 cm³/mol. The fraction of sp³-hybridized carbons (Fsp3) is 0.136. The Bertz CT molecular complexity index is 1540. The minimum Gasteiger partial charge on any atom is -0.395 e. The summed E-state index contributed by atoms with van der Waals surface area (Å²) in [4.78, 5) is 35.1. The monoisotopic (exact) mass is 431 g/mol. The number of fused-ring (bicyclic) bond motifs is 5. The summed E-state index contributed by atoms with van der Waals surface area (Å²) in [6.07, 6.45) is 0. The fourth-order valence-corrected chi connectivity index (χ4v) is 3.74. The first-order valence-corrected chi connectivity index (χ1v) is 9.92. The smallest absolute Gasteiger partial charge is 0.316 e. The number of aliphatic hydroxyl groups is 1. The van der Waals surface area contributed by atoms with Gasteiger partial charge in [0.15, 0.2) is 18.4 Å². The number of hydrogen-bond donors (Lipinski definition) is 2. The Hall–Kier alpha value is -4.31. The summed E-state index contributed by atoms with van der Waals surface area (Å²) in [7, 11) is 1.28. The number of aliphatic hydroxyl groups excluding tert-OH is 1. The molecule has 5 aromatic rings. The lowest BCUT2D eigenvalue weighted by Gasteiger charge is -2.11. The molecule has 2 N–H and O–H groups in total. The third kappa shape index (κ3) is 3.05. The highest BCUT2D eigenvalue weighted by molar-refractivity contribution is 6.04. The van der Waals surface area contributed by atoms with Gasteiger partial charge in [-0.3, -0.25) is 9.36 Å². The van der Waals surface area contributed by atoms with Crippen molar-refractivity contribution in [3.8, 4) is 5.69 Å².